The number of hydrogen-bond acceptors (Lipinski definition) is 3. The van der Waals surface area contributed by atoms with E-state index >= 15 is 0 Å². The van der Waals surface area contributed by atoms with Gasteiger partial charge in [0, 0.05) is 20.2 Å². The summed E-state index contributed by atoms with van der Waals surface area (Å²) in [6.07, 6.45) is 3.22. The van der Waals surface area contributed by atoms with Crippen LogP contribution in [0.2, 0.25) is 0 Å². The van der Waals surface area contributed by atoms with Gasteiger partial charge in [0.25, 0.3) is 0 Å². The van der Waals surface area contributed by atoms with Crippen molar-refractivity contribution in [3.8, 4) is 5.75 Å². The fourth-order valence-electron chi connectivity index (χ4n) is 1.71. The second kappa shape index (κ2) is 9.75. The summed E-state index contributed by atoms with van der Waals surface area (Å²) >= 11 is 0. The highest BCUT2D eigenvalue weighted by molar-refractivity contribution is 5.29. The highest BCUT2D eigenvalue weighted by Crippen LogP contribution is 2.18. The largest absolute Gasteiger partial charge is 0.491 e. The molecule has 3 nitrogen and oxygen atoms in total. The van der Waals surface area contributed by atoms with Crippen LogP contribution in [-0.4, -0.2) is 26.9 Å². The van der Waals surface area contributed by atoms with Gasteiger partial charge in [0.05, 0.1) is 13.2 Å². The Morgan fingerprint density at radius 3 is 2.74 bits per heavy atom. The van der Waals surface area contributed by atoms with Crippen molar-refractivity contribution in [1.29, 1.82) is 0 Å². The molecule has 0 aliphatic rings. The standard InChI is InChI=1S/C15H24FNO2/c1-3-4-5-9-19-15-7-6-13(11-14(15)16)12-17-8-10-18-2/h6-7,11,17H,3-5,8-10,12H2,1-2H3. The van der Waals surface area contributed by atoms with Gasteiger partial charge in [-0.2, -0.15) is 0 Å². The lowest BCUT2D eigenvalue weighted by Crippen LogP contribution is -2.18. The molecule has 0 aromatic heterocycles. The van der Waals surface area contributed by atoms with E-state index < -0.39 is 0 Å². The summed E-state index contributed by atoms with van der Waals surface area (Å²) in [7, 11) is 1.66. The van der Waals surface area contributed by atoms with E-state index in [0.29, 0.717) is 25.5 Å². The predicted octanol–water partition coefficient (Wildman–Crippen LogP) is 3.13. The van der Waals surface area contributed by atoms with Crippen molar-refractivity contribution < 1.29 is 13.9 Å². The fourth-order valence-corrected chi connectivity index (χ4v) is 1.71. The molecule has 0 aliphatic heterocycles. The maximum absolute atomic E-state index is 13.8. The smallest absolute Gasteiger partial charge is 0.165 e. The molecule has 0 heterocycles. The molecule has 0 atom stereocenters. The van der Waals surface area contributed by atoms with Gasteiger partial charge in [0.2, 0.25) is 0 Å². The number of rotatable bonds is 10. The molecule has 1 rings (SSSR count). The second-order valence-electron chi connectivity index (χ2n) is 4.49. The van der Waals surface area contributed by atoms with Crippen LogP contribution in [0.5, 0.6) is 5.75 Å². The van der Waals surface area contributed by atoms with Crippen molar-refractivity contribution >= 4 is 0 Å². The van der Waals surface area contributed by atoms with Crippen molar-refractivity contribution in [2.24, 2.45) is 0 Å². The van der Waals surface area contributed by atoms with Crippen molar-refractivity contribution in [2.45, 2.75) is 32.7 Å². The summed E-state index contributed by atoms with van der Waals surface area (Å²) in [6, 6.07) is 5.11. The molecular formula is C15H24FNO2. The van der Waals surface area contributed by atoms with E-state index in [9.17, 15) is 4.39 Å². The summed E-state index contributed by atoms with van der Waals surface area (Å²) < 4.78 is 24.1. The Bertz CT molecular complexity index is 358. The third-order valence-corrected chi connectivity index (χ3v) is 2.81. The van der Waals surface area contributed by atoms with Gasteiger partial charge in [-0.3, -0.25) is 0 Å². The zero-order valence-corrected chi connectivity index (χ0v) is 11.9. The number of unbranched alkanes of at least 4 members (excludes halogenated alkanes) is 2. The Kier molecular flexibility index (Phi) is 8.18. The Morgan fingerprint density at radius 2 is 2.05 bits per heavy atom. The van der Waals surface area contributed by atoms with Crippen LogP contribution < -0.4 is 10.1 Å². The van der Waals surface area contributed by atoms with Gasteiger partial charge in [-0.15, -0.1) is 0 Å². The Balaban J connectivity index is 2.36. The van der Waals surface area contributed by atoms with Crippen molar-refractivity contribution in [3.05, 3.63) is 29.6 Å². The van der Waals surface area contributed by atoms with E-state index in [1.165, 1.54) is 6.07 Å². The molecule has 0 saturated heterocycles. The molecule has 0 bridgehead atoms. The number of hydrogen-bond donors (Lipinski definition) is 1. The molecule has 1 aromatic carbocycles. The molecule has 0 fully saturated rings. The van der Waals surface area contributed by atoms with Crippen LogP contribution in [0.15, 0.2) is 18.2 Å². The number of methoxy groups -OCH3 is 1. The van der Waals surface area contributed by atoms with Crippen LogP contribution in [0.1, 0.15) is 31.7 Å². The topological polar surface area (TPSA) is 30.5 Å². The molecule has 0 unspecified atom stereocenters. The predicted molar refractivity (Wildman–Crippen MR) is 75.0 cm³/mol. The third-order valence-electron chi connectivity index (χ3n) is 2.81. The van der Waals surface area contributed by atoms with Gasteiger partial charge in [-0.1, -0.05) is 25.8 Å². The molecule has 1 aromatic rings. The Hall–Kier alpha value is -1.13. The summed E-state index contributed by atoms with van der Waals surface area (Å²) in [6.45, 7) is 4.76. The first kappa shape index (κ1) is 15.9. The Labute approximate surface area is 115 Å². The number of ether oxygens (including phenoxy) is 2. The van der Waals surface area contributed by atoms with Gasteiger partial charge in [-0.25, -0.2) is 4.39 Å². The van der Waals surface area contributed by atoms with Gasteiger partial charge >= 0.3 is 0 Å². The van der Waals surface area contributed by atoms with Gasteiger partial charge in [0.15, 0.2) is 11.6 Å². The summed E-state index contributed by atoms with van der Waals surface area (Å²) in [4.78, 5) is 0. The molecule has 0 amide bonds. The zero-order chi connectivity index (χ0) is 13.9. The van der Waals surface area contributed by atoms with Crippen LogP contribution in [0.4, 0.5) is 4.39 Å². The summed E-state index contributed by atoms with van der Waals surface area (Å²) in [5, 5.41) is 3.18. The lowest BCUT2D eigenvalue weighted by Gasteiger charge is -2.09. The summed E-state index contributed by atoms with van der Waals surface area (Å²) in [5.41, 5.74) is 0.912. The first-order chi connectivity index (χ1) is 9.27. The zero-order valence-electron chi connectivity index (χ0n) is 11.9. The number of benzene rings is 1. The SMILES string of the molecule is CCCCCOc1ccc(CNCCOC)cc1F. The first-order valence-corrected chi connectivity index (χ1v) is 6.88. The van der Waals surface area contributed by atoms with E-state index in [1.54, 1.807) is 13.2 Å². The van der Waals surface area contributed by atoms with Crippen LogP contribution >= 0.6 is 0 Å². The first-order valence-electron chi connectivity index (χ1n) is 6.88. The average molecular weight is 269 g/mol. The highest BCUT2D eigenvalue weighted by Gasteiger charge is 2.04. The minimum Gasteiger partial charge on any atom is -0.491 e. The molecule has 4 heteroatoms. The maximum Gasteiger partial charge on any atom is 0.165 e. The minimum atomic E-state index is -0.289. The Morgan fingerprint density at radius 1 is 1.21 bits per heavy atom. The van der Waals surface area contributed by atoms with Gasteiger partial charge in [0.1, 0.15) is 0 Å². The normalized spacial score (nSPS) is 10.7. The van der Waals surface area contributed by atoms with E-state index in [2.05, 4.69) is 12.2 Å². The molecule has 0 radical (unpaired) electrons. The van der Waals surface area contributed by atoms with Crippen molar-refractivity contribution in [3.63, 3.8) is 0 Å². The molecular weight excluding hydrogens is 245 g/mol. The monoisotopic (exact) mass is 269 g/mol. The maximum atomic E-state index is 13.8. The molecule has 0 spiro atoms. The van der Waals surface area contributed by atoms with E-state index in [-0.39, 0.29) is 5.82 Å². The average Bonchev–Trinajstić information content (AvgIpc) is 2.42. The summed E-state index contributed by atoms with van der Waals surface area (Å²) in [5.74, 6) is 0.0549. The molecule has 19 heavy (non-hydrogen) atoms. The fraction of sp³-hybridized carbons (Fsp3) is 0.600. The van der Waals surface area contributed by atoms with Crippen LogP contribution in [-0.2, 0) is 11.3 Å². The molecule has 0 aliphatic carbocycles. The van der Waals surface area contributed by atoms with Crippen LogP contribution in [0.3, 0.4) is 0 Å². The number of halogens is 1. The number of nitrogens with one attached hydrogen (secondary N) is 1. The molecule has 108 valence electrons. The van der Waals surface area contributed by atoms with Crippen molar-refractivity contribution in [1.82, 2.24) is 5.32 Å². The van der Waals surface area contributed by atoms with Crippen LogP contribution in [0, 0.1) is 5.82 Å². The van der Waals surface area contributed by atoms with E-state index in [1.807, 2.05) is 6.07 Å². The third kappa shape index (κ3) is 6.55. The lowest BCUT2D eigenvalue weighted by molar-refractivity contribution is 0.199. The highest BCUT2D eigenvalue weighted by atomic mass is 19.1. The van der Waals surface area contributed by atoms with Gasteiger partial charge < -0.3 is 14.8 Å². The van der Waals surface area contributed by atoms with Crippen LogP contribution in [0.25, 0.3) is 0 Å². The molecule has 1 N–H and O–H groups in total. The van der Waals surface area contributed by atoms with Gasteiger partial charge in [-0.05, 0) is 24.1 Å². The lowest BCUT2D eigenvalue weighted by atomic mass is 10.2. The van der Waals surface area contributed by atoms with E-state index in [4.69, 9.17) is 9.47 Å². The molecule has 0 saturated carbocycles. The van der Waals surface area contributed by atoms with Crippen molar-refractivity contribution in [2.75, 3.05) is 26.9 Å². The second-order valence-corrected chi connectivity index (χ2v) is 4.49. The van der Waals surface area contributed by atoms with E-state index in [0.717, 1.165) is 31.4 Å². The minimum absolute atomic E-state index is 0.289. The quantitative estimate of drug-likeness (QED) is 0.662.